The van der Waals surface area contributed by atoms with Crippen molar-refractivity contribution in [3.63, 3.8) is 0 Å². The van der Waals surface area contributed by atoms with E-state index < -0.39 is 10.1 Å². The molecule has 6 heteroatoms. The van der Waals surface area contributed by atoms with Crippen molar-refractivity contribution in [1.29, 1.82) is 0 Å². The Morgan fingerprint density at radius 1 is 0.707 bits per heavy atom. The number of esters is 1. The molecule has 0 spiro atoms. The topological polar surface area (TPSA) is 83.5 Å². The van der Waals surface area contributed by atoms with Gasteiger partial charge >= 0.3 is 5.97 Å². The molecule has 0 amide bonds. The van der Waals surface area contributed by atoms with Crippen LogP contribution in [0.25, 0.3) is 21.5 Å². The Morgan fingerprint density at radius 2 is 1.22 bits per heavy atom. The van der Waals surface area contributed by atoms with Crippen molar-refractivity contribution in [3.05, 3.63) is 118 Å². The minimum Gasteiger partial charge on any atom is -0.744 e. The maximum Gasteiger partial charge on any atom is 0.315 e. The fourth-order valence-electron chi connectivity index (χ4n) is 7.65. The van der Waals surface area contributed by atoms with Gasteiger partial charge in [-0.2, -0.15) is 0 Å². The summed E-state index contributed by atoms with van der Waals surface area (Å²) in [6, 6.07) is 28.6. The van der Waals surface area contributed by atoms with E-state index in [2.05, 4.69) is 60.7 Å². The third-order valence-electron chi connectivity index (χ3n) is 9.45. The lowest BCUT2D eigenvalue weighted by Crippen LogP contribution is -2.38. The van der Waals surface area contributed by atoms with Crippen molar-refractivity contribution in [2.24, 2.45) is 5.92 Å². The molecule has 9 rings (SSSR count). The number of hydrogen-bond acceptors (Lipinski definition) is 5. The third kappa shape index (κ3) is 3.85. The van der Waals surface area contributed by atoms with Crippen LogP contribution < -0.4 is 4.74 Å². The van der Waals surface area contributed by atoms with Crippen LogP contribution in [0.3, 0.4) is 0 Å². The molecule has 0 N–H and O–H groups in total. The first-order chi connectivity index (χ1) is 19.9. The third-order valence-corrected chi connectivity index (χ3v) is 10.4. The van der Waals surface area contributed by atoms with E-state index in [4.69, 9.17) is 4.74 Å². The van der Waals surface area contributed by atoms with Gasteiger partial charge in [0, 0.05) is 11.8 Å². The standard InChI is InChI=1S/C35H28O5S/c36-35(40-32-13-14-33(41(37,38)39)25-12-6-5-11-24(25)32)31-19-28-26-15-20-7-1-3-9-22(20)17-29(26)34(31)30-18-23-10-4-2-8-21(23)16-27(28)30/h1-4,7-10,13-18,28,31,34H,5-6,11-12,19H2,(H,37,38,39)/p-1. The predicted molar refractivity (Wildman–Crippen MR) is 156 cm³/mol. The van der Waals surface area contributed by atoms with Crippen LogP contribution in [0.1, 0.15) is 64.5 Å². The normalized spacial score (nSPS) is 20.9. The molecule has 0 heterocycles. The van der Waals surface area contributed by atoms with Gasteiger partial charge in [0.05, 0.1) is 10.8 Å². The number of rotatable bonds is 3. The highest BCUT2D eigenvalue weighted by Crippen LogP contribution is 2.57. The highest BCUT2D eigenvalue weighted by molar-refractivity contribution is 7.85. The van der Waals surface area contributed by atoms with E-state index in [1.54, 1.807) is 0 Å². The summed E-state index contributed by atoms with van der Waals surface area (Å²) in [4.78, 5) is 13.9. The quantitative estimate of drug-likeness (QED) is 0.135. The van der Waals surface area contributed by atoms with Gasteiger partial charge < -0.3 is 9.29 Å². The zero-order valence-electron chi connectivity index (χ0n) is 22.3. The van der Waals surface area contributed by atoms with E-state index in [-0.39, 0.29) is 28.6 Å². The van der Waals surface area contributed by atoms with Crippen molar-refractivity contribution < 1.29 is 22.5 Å². The smallest absolute Gasteiger partial charge is 0.315 e. The molecule has 5 aromatic rings. The highest BCUT2D eigenvalue weighted by atomic mass is 32.2. The van der Waals surface area contributed by atoms with Gasteiger partial charge in [-0.1, -0.05) is 72.8 Å². The van der Waals surface area contributed by atoms with Crippen LogP contribution in [0.5, 0.6) is 5.75 Å². The van der Waals surface area contributed by atoms with E-state index >= 15 is 0 Å². The molecule has 0 fully saturated rings. The van der Waals surface area contributed by atoms with Gasteiger partial charge in [-0.15, -0.1) is 0 Å². The molecule has 1 atom stereocenters. The number of fused-ring (bicyclic) bond motifs is 4. The summed E-state index contributed by atoms with van der Waals surface area (Å²) in [6.07, 6.45) is 3.38. The van der Waals surface area contributed by atoms with Crippen molar-refractivity contribution in [2.75, 3.05) is 0 Å². The van der Waals surface area contributed by atoms with Crippen LogP contribution >= 0.6 is 0 Å². The molecular formula is C35H27O5S-. The van der Waals surface area contributed by atoms with Gasteiger partial charge in [0.1, 0.15) is 15.9 Å². The Hall–Kier alpha value is -4.00. The first kappa shape index (κ1) is 24.8. The maximum absolute atomic E-state index is 14.1. The summed E-state index contributed by atoms with van der Waals surface area (Å²) in [5, 5.41) is 4.69. The molecule has 204 valence electrons. The van der Waals surface area contributed by atoms with Crippen LogP contribution in [0, 0.1) is 5.92 Å². The molecule has 5 aromatic carbocycles. The molecule has 5 nitrogen and oxygen atoms in total. The van der Waals surface area contributed by atoms with E-state index in [9.17, 15) is 17.8 Å². The Balaban J connectivity index is 1.25. The fourth-order valence-corrected chi connectivity index (χ4v) is 8.42. The SMILES string of the molecule is O=C(Oc1ccc(S(=O)(=O)[O-])c2c1CCCC2)C1CC2c3cc4ccccc4cc3C1c1cc3ccccc3cc12. The number of benzene rings is 5. The first-order valence-electron chi connectivity index (χ1n) is 14.2. The highest BCUT2D eigenvalue weighted by Gasteiger charge is 2.47. The summed E-state index contributed by atoms with van der Waals surface area (Å²) in [5.74, 6) is -0.383. The minimum absolute atomic E-state index is 0.0682. The molecule has 0 saturated carbocycles. The van der Waals surface area contributed by atoms with Crippen molar-refractivity contribution in [1.82, 2.24) is 0 Å². The van der Waals surface area contributed by atoms with E-state index in [0.717, 1.165) is 23.6 Å². The average Bonchev–Trinajstić information content (AvgIpc) is 2.98. The molecule has 41 heavy (non-hydrogen) atoms. The summed E-state index contributed by atoms with van der Waals surface area (Å²) in [6.45, 7) is 0. The van der Waals surface area contributed by atoms with Gasteiger partial charge in [-0.25, -0.2) is 8.42 Å². The molecule has 4 aliphatic rings. The van der Waals surface area contributed by atoms with Crippen LogP contribution in [0.2, 0.25) is 0 Å². The lowest BCUT2D eigenvalue weighted by atomic mass is 9.58. The zero-order valence-corrected chi connectivity index (χ0v) is 23.1. The molecule has 0 saturated heterocycles. The monoisotopic (exact) mass is 559 g/mol. The Kier molecular flexibility index (Phi) is 5.44. The molecule has 2 bridgehead atoms. The molecule has 0 aliphatic heterocycles. The van der Waals surface area contributed by atoms with Crippen LogP contribution in [-0.2, 0) is 27.8 Å². The molecule has 1 unspecified atom stereocenters. The largest absolute Gasteiger partial charge is 0.744 e. The summed E-state index contributed by atoms with van der Waals surface area (Å²) >= 11 is 0. The lowest BCUT2D eigenvalue weighted by molar-refractivity contribution is -0.140. The molecule has 4 aliphatic carbocycles. The van der Waals surface area contributed by atoms with E-state index in [1.807, 2.05) is 12.1 Å². The van der Waals surface area contributed by atoms with E-state index in [1.165, 1.54) is 45.2 Å². The Bertz CT molecular complexity index is 1940. The van der Waals surface area contributed by atoms with Crippen LogP contribution in [-0.4, -0.2) is 18.9 Å². The molecule has 0 aromatic heterocycles. The number of carbonyl (C=O) groups excluding carboxylic acids is 1. The zero-order chi connectivity index (χ0) is 27.9. The van der Waals surface area contributed by atoms with Gasteiger partial charge in [-0.3, -0.25) is 4.79 Å². The predicted octanol–water partition coefficient (Wildman–Crippen LogP) is 6.98. The average molecular weight is 560 g/mol. The Morgan fingerprint density at radius 3 is 1.76 bits per heavy atom. The second-order valence-electron chi connectivity index (χ2n) is 11.6. The fraction of sp³-hybridized carbons (Fsp3) is 0.229. The second-order valence-corrected chi connectivity index (χ2v) is 13.0. The van der Waals surface area contributed by atoms with Crippen LogP contribution in [0.4, 0.5) is 0 Å². The minimum atomic E-state index is -4.61. The summed E-state index contributed by atoms with van der Waals surface area (Å²) in [7, 11) is -4.61. The summed E-state index contributed by atoms with van der Waals surface area (Å²) in [5.41, 5.74) is 6.11. The molecule has 0 radical (unpaired) electrons. The van der Waals surface area contributed by atoms with Crippen molar-refractivity contribution >= 4 is 37.6 Å². The van der Waals surface area contributed by atoms with Crippen LogP contribution in [0.15, 0.2) is 89.8 Å². The van der Waals surface area contributed by atoms with Gasteiger partial charge in [0.15, 0.2) is 0 Å². The number of ether oxygens (including phenoxy) is 1. The molecular weight excluding hydrogens is 532 g/mol. The Labute approximate surface area is 238 Å². The van der Waals surface area contributed by atoms with Crippen molar-refractivity contribution in [3.8, 4) is 5.75 Å². The number of carbonyl (C=O) groups is 1. The van der Waals surface area contributed by atoms with Crippen molar-refractivity contribution in [2.45, 2.75) is 48.8 Å². The van der Waals surface area contributed by atoms with Gasteiger partial charge in [0.2, 0.25) is 0 Å². The summed E-state index contributed by atoms with van der Waals surface area (Å²) < 4.78 is 41.9. The second kappa shape index (κ2) is 9.00. The number of hydrogen-bond donors (Lipinski definition) is 0. The van der Waals surface area contributed by atoms with Gasteiger partial charge in [-0.05, 0) is 99.2 Å². The maximum atomic E-state index is 14.1. The first-order valence-corrected chi connectivity index (χ1v) is 15.6. The van der Waals surface area contributed by atoms with E-state index in [0.29, 0.717) is 36.1 Å². The lowest BCUT2D eigenvalue weighted by Gasteiger charge is -2.45. The van der Waals surface area contributed by atoms with Gasteiger partial charge in [0.25, 0.3) is 0 Å².